The number of aromatic nitrogens is 2. The first-order valence-electron chi connectivity index (χ1n) is 7.41. The SMILES string of the molecule is Cc1ccccc1-c1noc(CNC(=O)Cc2ccccc2)n1. The molecule has 0 aliphatic carbocycles. The fraction of sp³-hybridized carbons (Fsp3) is 0.167. The number of carbonyl (C=O) groups excluding carboxylic acids is 1. The van der Waals surface area contributed by atoms with Crippen LogP contribution >= 0.6 is 0 Å². The molecule has 23 heavy (non-hydrogen) atoms. The van der Waals surface area contributed by atoms with Crippen molar-refractivity contribution in [2.45, 2.75) is 19.9 Å². The molecule has 1 N–H and O–H groups in total. The van der Waals surface area contributed by atoms with Gasteiger partial charge in [0.05, 0.1) is 13.0 Å². The van der Waals surface area contributed by atoms with E-state index in [1.54, 1.807) is 0 Å². The monoisotopic (exact) mass is 307 g/mol. The minimum absolute atomic E-state index is 0.0770. The number of nitrogens with zero attached hydrogens (tertiary/aromatic N) is 2. The van der Waals surface area contributed by atoms with Gasteiger partial charge in [-0.1, -0.05) is 59.8 Å². The van der Waals surface area contributed by atoms with Gasteiger partial charge in [0.15, 0.2) is 0 Å². The molecule has 2 aromatic carbocycles. The average molecular weight is 307 g/mol. The van der Waals surface area contributed by atoms with Crippen molar-refractivity contribution < 1.29 is 9.32 Å². The number of hydrogen-bond acceptors (Lipinski definition) is 4. The lowest BCUT2D eigenvalue weighted by molar-refractivity contribution is -0.120. The number of rotatable bonds is 5. The molecule has 0 bridgehead atoms. The van der Waals surface area contributed by atoms with E-state index >= 15 is 0 Å². The molecular weight excluding hydrogens is 290 g/mol. The molecule has 0 atom stereocenters. The van der Waals surface area contributed by atoms with Crippen LogP contribution in [-0.4, -0.2) is 16.0 Å². The molecule has 5 heteroatoms. The summed E-state index contributed by atoms with van der Waals surface area (Å²) in [7, 11) is 0. The van der Waals surface area contributed by atoms with Gasteiger partial charge in [0.25, 0.3) is 0 Å². The molecule has 0 aliphatic heterocycles. The van der Waals surface area contributed by atoms with E-state index in [-0.39, 0.29) is 12.5 Å². The Morgan fingerprint density at radius 2 is 1.83 bits per heavy atom. The number of nitrogens with one attached hydrogen (secondary N) is 1. The fourth-order valence-corrected chi connectivity index (χ4v) is 2.28. The highest BCUT2D eigenvalue weighted by atomic mass is 16.5. The summed E-state index contributed by atoms with van der Waals surface area (Å²) in [6, 6.07) is 17.4. The molecule has 0 saturated carbocycles. The summed E-state index contributed by atoms with van der Waals surface area (Å²) in [5.74, 6) is 0.854. The van der Waals surface area contributed by atoms with E-state index in [0.29, 0.717) is 18.1 Å². The van der Waals surface area contributed by atoms with E-state index in [0.717, 1.165) is 16.7 Å². The summed E-state index contributed by atoms with van der Waals surface area (Å²) in [6.45, 7) is 2.22. The lowest BCUT2D eigenvalue weighted by Crippen LogP contribution is -2.24. The molecule has 0 aliphatic rings. The van der Waals surface area contributed by atoms with Crippen LogP contribution in [0.3, 0.4) is 0 Å². The van der Waals surface area contributed by atoms with Gasteiger partial charge in [-0.3, -0.25) is 4.79 Å². The molecule has 3 aromatic rings. The summed E-state index contributed by atoms with van der Waals surface area (Å²) < 4.78 is 5.20. The Morgan fingerprint density at radius 3 is 2.61 bits per heavy atom. The summed E-state index contributed by atoms with van der Waals surface area (Å²) in [4.78, 5) is 16.2. The zero-order valence-corrected chi connectivity index (χ0v) is 12.8. The highest BCUT2D eigenvalue weighted by Crippen LogP contribution is 2.19. The van der Waals surface area contributed by atoms with Crippen molar-refractivity contribution in [2.24, 2.45) is 0 Å². The van der Waals surface area contributed by atoms with E-state index in [9.17, 15) is 4.79 Å². The zero-order chi connectivity index (χ0) is 16.1. The van der Waals surface area contributed by atoms with Gasteiger partial charge in [-0.25, -0.2) is 0 Å². The Morgan fingerprint density at radius 1 is 1.09 bits per heavy atom. The molecule has 0 spiro atoms. The average Bonchev–Trinajstić information content (AvgIpc) is 3.03. The second-order valence-corrected chi connectivity index (χ2v) is 5.27. The van der Waals surface area contributed by atoms with Crippen LogP contribution in [0.5, 0.6) is 0 Å². The molecule has 1 amide bonds. The Hall–Kier alpha value is -2.95. The van der Waals surface area contributed by atoms with Crippen molar-refractivity contribution in [1.29, 1.82) is 0 Å². The Kier molecular flexibility index (Phi) is 4.47. The third kappa shape index (κ3) is 3.83. The predicted octanol–water partition coefficient (Wildman–Crippen LogP) is 2.90. The number of amides is 1. The van der Waals surface area contributed by atoms with Crippen LogP contribution in [0.4, 0.5) is 0 Å². The van der Waals surface area contributed by atoms with Crippen molar-refractivity contribution in [3.63, 3.8) is 0 Å². The maximum atomic E-state index is 11.9. The van der Waals surface area contributed by atoms with Gasteiger partial charge in [-0.15, -0.1) is 0 Å². The first-order valence-corrected chi connectivity index (χ1v) is 7.41. The van der Waals surface area contributed by atoms with Crippen LogP contribution in [0.2, 0.25) is 0 Å². The summed E-state index contributed by atoms with van der Waals surface area (Å²) in [6.07, 6.45) is 0.333. The third-order valence-electron chi connectivity index (χ3n) is 3.50. The second-order valence-electron chi connectivity index (χ2n) is 5.27. The largest absolute Gasteiger partial charge is 0.347 e. The van der Waals surface area contributed by atoms with Gasteiger partial charge in [0, 0.05) is 5.56 Å². The summed E-state index contributed by atoms with van der Waals surface area (Å²) >= 11 is 0. The van der Waals surface area contributed by atoms with Gasteiger partial charge in [0.2, 0.25) is 17.6 Å². The number of aryl methyl sites for hydroxylation is 1. The highest BCUT2D eigenvalue weighted by molar-refractivity contribution is 5.78. The fourth-order valence-electron chi connectivity index (χ4n) is 2.28. The number of benzene rings is 2. The Balaban J connectivity index is 1.59. The van der Waals surface area contributed by atoms with Crippen LogP contribution < -0.4 is 5.32 Å². The van der Waals surface area contributed by atoms with Crippen molar-refractivity contribution in [1.82, 2.24) is 15.5 Å². The maximum absolute atomic E-state index is 11.9. The lowest BCUT2D eigenvalue weighted by Gasteiger charge is -2.02. The number of carbonyl (C=O) groups is 1. The van der Waals surface area contributed by atoms with Crippen LogP contribution in [-0.2, 0) is 17.8 Å². The molecule has 1 heterocycles. The van der Waals surface area contributed by atoms with Crippen LogP contribution in [0.15, 0.2) is 59.1 Å². The van der Waals surface area contributed by atoms with Gasteiger partial charge in [-0.05, 0) is 18.1 Å². The van der Waals surface area contributed by atoms with Gasteiger partial charge >= 0.3 is 0 Å². The molecular formula is C18H17N3O2. The van der Waals surface area contributed by atoms with Crippen molar-refractivity contribution >= 4 is 5.91 Å². The first-order chi connectivity index (χ1) is 11.2. The molecule has 1 aromatic heterocycles. The topological polar surface area (TPSA) is 68.0 Å². The van der Waals surface area contributed by atoms with Gasteiger partial charge in [0.1, 0.15) is 0 Å². The molecule has 116 valence electrons. The van der Waals surface area contributed by atoms with E-state index in [4.69, 9.17) is 4.52 Å². The van der Waals surface area contributed by atoms with Crippen molar-refractivity contribution in [3.8, 4) is 11.4 Å². The van der Waals surface area contributed by atoms with Gasteiger partial charge in [-0.2, -0.15) is 4.98 Å². The second kappa shape index (κ2) is 6.87. The standard InChI is InChI=1S/C18H17N3O2/c1-13-7-5-6-10-15(13)18-20-17(23-21-18)12-19-16(22)11-14-8-3-2-4-9-14/h2-10H,11-12H2,1H3,(H,19,22). The van der Waals surface area contributed by atoms with E-state index in [1.807, 2.05) is 61.5 Å². The predicted molar refractivity (Wildman–Crippen MR) is 86.5 cm³/mol. The quantitative estimate of drug-likeness (QED) is 0.787. The normalized spacial score (nSPS) is 10.5. The lowest BCUT2D eigenvalue weighted by atomic mass is 10.1. The molecule has 0 fully saturated rings. The van der Waals surface area contributed by atoms with Crippen molar-refractivity contribution in [2.75, 3.05) is 0 Å². The minimum Gasteiger partial charge on any atom is -0.347 e. The summed E-state index contributed by atoms with van der Waals surface area (Å²) in [5.41, 5.74) is 2.97. The van der Waals surface area contributed by atoms with Crippen LogP contribution in [0.25, 0.3) is 11.4 Å². The van der Waals surface area contributed by atoms with E-state index < -0.39 is 0 Å². The van der Waals surface area contributed by atoms with Gasteiger partial charge < -0.3 is 9.84 Å². The highest BCUT2D eigenvalue weighted by Gasteiger charge is 2.11. The first kappa shape index (κ1) is 15.0. The molecule has 0 saturated heterocycles. The maximum Gasteiger partial charge on any atom is 0.246 e. The van der Waals surface area contributed by atoms with E-state index in [2.05, 4.69) is 15.5 Å². The smallest absolute Gasteiger partial charge is 0.246 e. The molecule has 0 unspecified atom stereocenters. The molecule has 5 nitrogen and oxygen atoms in total. The zero-order valence-electron chi connectivity index (χ0n) is 12.8. The van der Waals surface area contributed by atoms with Crippen LogP contribution in [0.1, 0.15) is 17.0 Å². The molecule has 0 radical (unpaired) electrons. The Bertz CT molecular complexity index is 797. The summed E-state index contributed by atoms with van der Waals surface area (Å²) in [5, 5.41) is 6.76. The molecule has 3 rings (SSSR count). The third-order valence-corrected chi connectivity index (χ3v) is 3.50. The van der Waals surface area contributed by atoms with Crippen molar-refractivity contribution in [3.05, 3.63) is 71.6 Å². The minimum atomic E-state index is -0.0770. The Labute approximate surface area is 134 Å². The van der Waals surface area contributed by atoms with Crippen LogP contribution in [0, 0.1) is 6.92 Å². The van der Waals surface area contributed by atoms with E-state index in [1.165, 1.54) is 0 Å². The number of hydrogen-bond donors (Lipinski definition) is 1.